The number of hydrogen-bond donors (Lipinski definition) is 3. The molecule has 4 rings (SSSR count). The van der Waals surface area contributed by atoms with Crippen LogP contribution in [-0.4, -0.2) is 61.4 Å². The van der Waals surface area contributed by atoms with Gasteiger partial charge in [0.15, 0.2) is 0 Å². The number of para-hydroxylation sites is 1. The van der Waals surface area contributed by atoms with Crippen molar-refractivity contribution in [3.8, 4) is 5.69 Å². The van der Waals surface area contributed by atoms with Gasteiger partial charge in [0.25, 0.3) is 0 Å². The number of rotatable bonds is 15. The first-order valence-electron chi connectivity index (χ1n) is 16.4. The molecule has 1 aromatic carbocycles. The Labute approximate surface area is 258 Å². The van der Waals surface area contributed by atoms with Crippen molar-refractivity contribution in [2.45, 2.75) is 90.7 Å². The highest BCUT2D eigenvalue weighted by Gasteiger charge is 2.24. The molecule has 1 aromatic heterocycles. The van der Waals surface area contributed by atoms with E-state index in [1.165, 1.54) is 25.7 Å². The summed E-state index contributed by atoms with van der Waals surface area (Å²) in [5.74, 6) is 2.08. The smallest absolute Gasteiger partial charge is 0.320 e. The molecule has 1 aliphatic carbocycles. The first-order chi connectivity index (χ1) is 21.0. The van der Waals surface area contributed by atoms with Crippen LogP contribution in [-0.2, 0) is 9.47 Å². The van der Waals surface area contributed by atoms with Gasteiger partial charge in [-0.25, -0.2) is 9.48 Å². The minimum absolute atomic E-state index is 0.0302. The third-order valence-electron chi connectivity index (χ3n) is 8.69. The Hall–Kier alpha value is -2.94. The molecule has 0 radical (unpaired) electrons. The van der Waals surface area contributed by atoms with Gasteiger partial charge in [-0.05, 0) is 75.5 Å². The van der Waals surface area contributed by atoms with E-state index >= 15 is 0 Å². The lowest BCUT2D eigenvalue weighted by Gasteiger charge is -2.28. The number of aromatic nitrogens is 2. The molecule has 2 heterocycles. The Bertz CT molecular complexity index is 1190. The molecule has 8 heteroatoms. The summed E-state index contributed by atoms with van der Waals surface area (Å²) in [6.45, 7) is 9.38. The lowest BCUT2D eigenvalue weighted by atomic mass is 9.81. The number of nitrogens with zero attached hydrogens (tertiary/aromatic N) is 2. The number of nitrogens with one attached hydrogen (secondary N) is 3. The Morgan fingerprint density at radius 1 is 1.21 bits per heavy atom. The van der Waals surface area contributed by atoms with E-state index in [2.05, 4.69) is 48.0 Å². The molecule has 8 nitrogen and oxygen atoms in total. The van der Waals surface area contributed by atoms with Gasteiger partial charge in [-0.15, -0.1) is 0 Å². The van der Waals surface area contributed by atoms with Crippen molar-refractivity contribution in [1.29, 1.82) is 0 Å². The van der Waals surface area contributed by atoms with Gasteiger partial charge in [0.05, 0.1) is 24.1 Å². The Morgan fingerprint density at radius 3 is 2.74 bits per heavy atom. The zero-order chi connectivity index (χ0) is 30.4. The van der Waals surface area contributed by atoms with Crippen molar-refractivity contribution < 1.29 is 14.3 Å². The van der Waals surface area contributed by atoms with Crippen LogP contribution in [0.5, 0.6) is 0 Å². The van der Waals surface area contributed by atoms with Crippen molar-refractivity contribution in [3.05, 3.63) is 59.8 Å². The first-order valence-corrected chi connectivity index (χ1v) is 16.4. The number of ether oxygens (including phenoxy) is 2. The predicted octanol–water partition coefficient (Wildman–Crippen LogP) is 7.04. The Morgan fingerprint density at radius 2 is 2.02 bits per heavy atom. The summed E-state index contributed by atoms with van der Waals surface area (Å²) >= 11 is 0. The summed E-state index contributed by atoms with van der Waals surface area (Å²) in [4.78, 5) is 13.6. The maximum atomic E-state index is 13.6. The van der Waals surface area contributed by atoms with Crippen LogP contribution >= 0.6 is 0 Å². The molecule has 2 amide bonds. The molecule has 3 atom stereocenters. The van der Waals surface area contributed by atoms with Crippen molar-refractivity contribution in [2.75, 3.05) is 38.7 Å². The molecule has 1 saturated heterocycles. The maximum absolute atomic E-state index is 13.6. The van der Waals surface area contributed by atoms with Crippen LogP contribution in [0.15, 0.2) is 48.6 Å². The highest BCUT2D eigenvalue weighted by atomic mass is 16.5. The second kappa shape index (κ2) is 17.4. The van der Waals surface area contributed by atoms with E-state index in [0.29, 0.717) is 24.9 Å². The molecular formula is C35H53N5O3. The molecule has 1 saturated carbocycles. The van der Waals surface area contributed by atoms with Crippen LogP contribution in [0.3, 0.4) is 0 Å². The number of carbonyl (C=O) groups excluding carboxylic acids is 1. The number of amides is 2. The molecule has 0 bridgehead atoms. The molecule has 3 N–H and O–H groups in total. The average Bonchev–Trinajstić information content (AvgIpc) is 3.14. The number of allylic oxidation sites excluding steroid dienone is 3. The fourth-order valence-electron chi connectivity index (χ4n) is 5.92. The van der Waals surface area contributed by atoms with E-state index in [0.717, 1.165) is 73.7 Å². The topological polar surface area (TPSA) is 89.4 Å². The van der Waals surface area contributed by atoms with E-state index in [9.17, 15) is 4.79 Å². The number of benzene rings is 1. The van der Waals surface area contributed by atoms with Crippen molar-refractivity contribution >= 4 is 17.4 Å². The number of hydrogen-bond acceptors (Lipinski definition) is 5. The van der Waals surface area contributed by atoms with Crippen molar-refractivity contribution in [3.63, 3.8) is 0 Å². The largest absolute Gasteiger partial charge is 0.383 e. The number of anilines is 1. The van der Waals surface area contributed by atoms with Crippen LogP contribution in [0.1, 0.15) is 82.9 Å². The van der Waals surface area contributed by atoms with E-state index in [1.54, 1.807) is 7.11 Å². The Kier molecular flexibility index (Phi) is 13.3. The zero-order valence-electron chi connectivity index (χ0n) is 26.7. The summed E-state index contributed by atoms with van der Waals surface area (Å²) in [5, 5.41) is 15.0. The maximum Gasteiger partial charge on any atom is 0.320 e. The van der Waals surface area contributed by atoms with Crippen LogP contribution < -0.4 is 16.0 Å². The highest BCUT2D eigenvalue weighted by Crippen LogP contribution is 2.32. The quantitative estimate of drug-likeness (QED) is 0.153. The lowest BCUT2D eigenvalue weighted by molar-refractivity contribution is 0.0887. The lowest BCUT2D eigenvalue weighted by Crippen LogP contribution is -2.45. The third-order valence-corrected chi connectivity index (χ3v) is 8.69. The molecular weight excluding hydrogens is 538 g/mol. The minimum Gasteiger partial charge on any atom is -0.383 e. The number of carbonyl (C=O) groups is 1. The minimum atomic E-state index is -0.213. The molecule has 236 valence electrons. The molecule has 2 aromatic rings. The van der Waals surface area contributed by atoms with Crippen molar-refractivity contribution in [1.82, 2.24) is 20.4 Å². The van der Waals surface area contributed by atoms with Crippen LogP contribution in [0.2, 0.25) is 0 Å². The fraction of sp³-hybridized carbons (Fsp3) is 0.600. The summed E-state index contributed by atoms with van der Waals surface area (Å²) in [5.41, 5.74) is 3.70. The molecule has 2 unspecified atom stereocenters. The molecule has 2 aliphatic rings. The summed E-state index contributed by atoms with van der Waals surface area (Å²) < 4.78 is 13.3. The summed E-state index contributed by atoms with van der Waals surface area (Å²) in [7, 11) is 1.71. The van der Waals surface area contributed by atoms with E-state index < -0.39 is 0 Å². The molecule has 1 aliphatic heterocycles. The van der Waals surface area contributed by atoms with Gasteiger partial charge in [0.2, 0.25) is 0 Å². The molecule has 2 fully saturated rings. The van der Waals surface area contributed by atoms with Gasteiger partial charge < -0.3 is 20.1 Å². The van der Waals surface area contributed by atoms with Crippen molar-refractivity contribution in [2.24, 2.45) is 11.8 Å². The zero-order valence-corrected chi connectivity index (χ0v) is 26.7. The fourth-order valence-corrected chi connectivity index (χ4v) is 5.92. The Balaban J connectivity index is 1.60. The number of urea groups is 1. The number of methoxy groups -OCH3 is 1. The predicted molar refractivity (Wildman–Crippen MR) is 176 cm³/mol. The van der Waals surface area contributed by atoms with E-state index in [-0.39, 0.29) is 18.2 Å². The second-order valence-electron chi connectivity index (χ2n) is 12.3. The first kappa shape index (κ1) is 33.0. The average molecular weight is 592 g/mol. The standard InChI is InChI=1S/C35H53N5O3/c1-5-6-15-29(24-32-23-26(2)12-11-21-43-32)33-27(3)34(40(39-33)31-16-8-7-9-17-31)38-35(41)37-30(25-36-20-22-42-4)19-18-28-13-10-14-28/h6-9,15-17,24,26,28,30,32,36H,5,10-14,18-23,25H2,1-4H3,(H2,37,38,41)/b15-6-,29-24+/t26?,30-,32?/m0/s1. The third kappa shape index (κ3) is 10.1. The van der Waals surface area contributed by atoms with Gasteiger partial charge in [-0.2, -0.15) is 5.10 Å². The molecule has 43 heavy (non-hydrogen) atoms. The summed E-state index contributed by atoms with van der Waals surface area (Å²) in [6, 6.07) is 9.82. The van der Waals surface area contributed by atoms with Crippen LogP contribution in [0, 0.1) is 18.8 Å². The van der Waals surface area contributed by atoms with Gasteiger partial charge >= 0.3 is 6.03 Å². The monoisotopic (exact) mass is 591 g/mol. The SMILES string of the molecule is CC/C=C\C(=C/C1CC(C)CCCO1)c1nn(-c2ccccc2)c(NC(=O)N[C@@H](CCC2CCC2)CNCCOC)c1C. The van der Waals surface area contributed by atoms with Gasteiger partial charge in [-0.1, -0.05) is 63.5 Å². The van der Waals surface area contributed by atoms with Gasteiger partial charge in [-0.3, -0.25) is 5.32 Å². The van der Waals surface area contributed by atoms with Gasteiger partial charge in [0.1, 0.15) is 5.82 Å². The van der Waals surface area contributed by atoms with Crippen LogP contribution in [0.4, 0.5) is 10.6 Å². The van der Waals surface area contributed by atoms with Gasteiger partial charge in [0, 0.05) is 44.0 Å². The summed E-state index contributed by atoms with van der Waals surface area (Å²) in [6.07, 6.45) is 16.8. The normalized spacial score (nSPS) is 20.5. The van der Waals surface area contributed by atoms with E-state index in [4.69, 9.17) is 14.6 Å². The van der Waals surface area contributed by atoms with E-state index in [1.807, 2.05) is 41.9 Å². The molecule has 0 spiro atoms. The second-order valence-corrected chi connectivity index (χ2v) is 12.3. The van der Waals surface area contributed by atoms with Crippen LogP contribution in [0.25, 0.3) is 11.3 Å². The highest BCUT2D eigenvalue weighted by molar-refractivity contribution is 5.91.